The second kappa shape index (κ2) is 63.4. The highest BCUT2D eigenvalue weighted by molar-refractivity contribution is 7.59. The Balaban J connectivity index is -0.00000000800. The topological polar surface area (TPSA) is 12.0 Å². The van der Waals surface area contributed by atoms with E-state index in [1.54, 1.807) is 0 Å². The molecule has 0 aromatic heterocycles. The SMILES string of the molecule is CCNCC.F.F.F.F.[S]. The minimum absolute atomic E-state index is 0. The van der Waals surface area contributed by atoms with Crippen LogP contribution in [0.2, 0.25) is 0 Å². The normalized spacial score (nSPS) is 4.20. The van der Waals surface area contributed by atoms with Crippen LogP contribution in [-0.4, -0.2) is 13.1 Å². The Morgan fingerprint density at radius 3 is 1.00 bits per heavy atom. The second-order valence-corrected chi connectivity index (χ2v) is 0.957. The molecule has 0 saturated carbocycles. The van der Waals surface area contributed by atoms with E-state index in [0.717, 1.165) is 13.1 Å². The molecule has 1 nitrogen and oxygen atoms in total. The van der Waals surface area contributed by atoms with Gasteiger partial charge in [-0.05, 0) is 13.1 Å². The van der Waals surface area contributed by atoms with Crippen molar-refractivity contribution in [2.24, 2.45) is 0 Å². The summed E-state index contributed by atoms with van der Waals surface area (Å²) in [6, 6.07) is 0. The van der Waals surface area contributed by atoms with Crippen molar-refractivity contribution in [2.45, 2.75) is 13.8 Å². The summed E-state index contributed by atoms with van der Waals surface area (Å²) in [7, 11) is 0. The van der Waals surface area contributed by atoms with E-state index < -0.39 is 0 Å². The maximum atomic E-state index is 3.11. The van der Waals surface area contributed by atoms with Gasteiger partial charge in [-0.15, -0.1) is 0 Å². The fourth-order valence-corrected chi connectivity index (χ4v) is 0.250. The first kappa shape index (κ1) is 50.4. The van der Waals surface area contributed by atoms with Crippen LogP contribution < -0.4 is 5.32 Å². The maximum Gasteiger partial charge on any atom is 0 e. The first-order chi connectivity index (χ1) is 2.41. The molecule has 0 fully saturated rings. The molecule has 0 spiro atoms. The predicted molar refractivity (Wildman–Crippen MR) is 41.8 cm³/mol. The first-order valence-electron chi connectivity index (χ1n) is 2.12. The fraction of sp³-hybridized carbons (Fsp3) is 1.00. The van der Waals surface area contributed by atoms with Gasteiger partial charge < -0.3 is 5.32 Å². The molecular formula is C4H15F4NS. The summed E-state index contributed by atoms with van der Waals surface area (Å²) >= 11 is 0. The highest BCUT2D eigenvalue weighted by Crippen LogP contribution is 1.47. The lowest BCUT2D eigenvalue weighted by atomic mass is 10.7. The van der Waals surface area contributed by atoms with Crippen LogP contribution in [0.15, 0.2) is 0 Å². The van der Waals surface area contributed by atoms with Crippen molar-refractivity contribution in [3.63, 3.8) is 0 Å². The molecule has 70 valence electrons. The van der Waals surface area contributed by atoms with Gasteiger partial charge in [0.05, 0.1) is 0 Å². The Morgan fingerprint density at radius 1 is 0.800 bits per heavy atom. The lowest BCUT2D eigenvalue weighted by Crippen LogP contribution is -2.09. The number of nitrogens with one attached hydrogen (secondary N) is 1. The van der Waals surface area contributed by atoms with Gasteiger partial charge in [0.2, 0.25) is 0 Å². The molecule has 0 aliphatic rings. The van der Waals surface area contributed by atoms with E-state index in [0.29, 0.717) is 0 Å². The largest absolute Gasteiger partial charge is 0.317 e. The Bertz CT molecular complexity index is 24.7. The van der Waals surface area contributed by atoms with E-state index in [1.165, 1.54) is 0 Å². The number of halogens is 4. The molecule has 0 heterocycles. The van der Waals surface area contributed by atoms with E-state index in [1.807, 2.05) is 0 Å². The minimum atomic E-state index is 0. The lowest BCUT2D eigenvalue weighted by molar-refractivity contribution is 0.762. The van der Waals surface area contributed by atoms with Crippen LogP contribution in [-0.2, 0) is 0 Å². The molecule has 0 rings (SSSR count). The molecule has 0 saturated heterocycles. The Kier molecular flexibility index (Phi) is 319. The van der Waals surface area contributed by atoms with Crippen molar-refractivity contribution >= 4 is 13.5 Å². The average Bonchev–Trinajstić information content (AvgIpc) is 1.41. The summed E-state index contributed by atoms with van der Waals surface area (Å²) < 4.78 is 0. The fourth-order valence-electron chi connectivity index (χ4n) is 0.250. The molecule has 2 radical (unpaired) electrons. The van der Waals surface area contributed by atoms with Gasteiger partial charge in [0.1, 0.15) is 0 Å². The molecule has 0 amide bonds. The average molecular weight is 185 g/mol. The summed E-state index contributed by atoms with van der Waals surface area (Å²) in [5.41, 5.74) is 0. The zero-order valence-corrected chi connectivity index (χ0v) is 6.77. The van der Waals surface area contributed by atoms with E-state index in [-0.39, 0.29) is 32.3 Å². The van der Waals surface area contributed by atoms with E-state index in [2.05, 4.69) is 19.2 Å². The summed E-state index contributed by atoms with van der Waals surface area (Å²) in [5, 5.41) is 3.11. The van der Waals surface area contributed by atoms with Crippen LogP contribution in [0.1, 0.15) is 13.8 Å². The van der Waals surface area contributed by atoms with Crippen molar-refractivity contribution in [1.82, 2.24) is 5.32 Å². The third kappa shape index (κ3) is 96.3. The van der Waals surface area contributed by atoms with Gasteiger partial charge in [-0.1, -0.05) is 13.8 Å². The van der Waals surface area contributed by atoms with Crippen LogP contribution in [0.25, 0.3) is 0 Å². The summed E-state index contributed by atoms with van der Waals surface area (Å²) in [5.74, 6) is 0. The van der Waals surface area contributed by atoms with Crippen molar-refractivity contribution in [2.75, 3.05) is 13.1 Å². The third-order valence-corrected chi connectivity index (χ3v) is 0.500. The summed E-state index contributed by atoms with van der Waals surface area (Å²) in [6.07, 6.45) is 0. The molecule has 0 aliphatic heterocycles. The quantitative estimate of drug-likeness (QED) is 0.648. The Labute approximate surface area is 65.5 Å². The maximum absolute atomic E-state index is 3.11. The van der Waals surface area contributed by atoms with Crippen LogP contribution in [0, 0.1) is 0 Å². The highest BCUT2D eigenvalue weighted by atomic mass is 32.1. The minimum Gasteiger partial charge on any atom is -0.317 e. The monoisotopic (exact) mass is 185 g/mol. The molecule has 0 aromatic carbocycles. The molecule has 10 heavy (non-hydrogen) atoms. The molecule has 0 atom stereocenters. The number of rotatable bonds is 2. The highest BCUT2D eigenvalue weighted by Gasteiger charge is 1.62. The Morgan fingerprint density at radius 2 is 1.00 bits per heavy atom. The van der Waals surface area contributed by atoms with Gasteiger partial charge in [0, 0.05) is 13.5 Å². The predicted octanol–water partition coefficient (Wildman–Crippen LogP) is 1.87. The summed E-state index contributed by atoms with van der Waals surface area (Å²) in [4.78, 5) is 0. The third-order valence-electron chi connectivity index (χ3n) is 0.500. The van der Waals surface area contributed by atoms with Crippen molar-refractivity contribution in [1.29, 1.82) is 0 Å². The Hall–Kier alpha value is 0.0300. The van der Waals surface area contributed by atoms with Crippen LogP contribution in [0.3, 0.4) is 0 Å². The van der Waals surface area contributed by atoms with E-state index in [9.17, 15) is 0 Å². The van der Waals surface area contributed by atoms with Crippen LogP contribution in [0.5, 0.6) is 0 Å². The zero-order chi connectivity index (χ0) is 4.12. The van der Waals surface area contributed by atoms with E-state index in [4.69, 9.17) is 0 Å². The molecule has 6 heteroatoms. The number of hydrogen-bond donors (Lipinski definition) is 1. The van der Waals surface area contributed by atoms with Gasteiger partial charge in [0.25, 0.3) is 0 Å². The summed E-state index contributed by atoms with van der Waals surface area (Å²) in [6.45, 7) is 6.39. The van der Waals surface area contributed by atoms with Gasteiger partial charge in [0.15, 0.2) is 0 Å². The lowest BCUT2D eigenvalue weighted by Gasteiger charge is -1.86. The smallest absolute Gasteiger partial charge is 0 e. The van der Waals surface area contributed by atoms with Crippen molar-refractivity contribution < 1.29 is 18.8 Å². The van der Waals surface area contributed by atoms with Crippen molar-refractivity contribution in [3.8, 4) is 0 Å². The molecule has 1 N–H and O–H groups in total. The van der Waals surface area contributed by atoms with E-state index >= 15 is 0 Å². The molecule has 0 aliphatic carbocycles. The molecule has 0 unspecified atom stereocenters. The van der Waals surface area contributed by atoms with Gasteiger partial charge in [-0.3, -0.25) is 18.8 Å². The van der Waals surface area contributed by atoms with Gasteiger partial charge in [-0.25, -0.2) is 0 Å². The van der Waals surface area contributed by atoms with Gasteiger partial charge in [-0.2, -0.15) is 0 Å². The van der Waals surface area contributed by atoms with Gasteiger partial charge >= 0.3 is 0 Å². The molecule has 0 bridgehead atoms. The van der Waals surface area contributed by atoms with Crippen molar-refractivity contribution in [3.05, 3.63) is 0 Å². The first-order valence-corrected chi connectivity index (χ1v) is 2.12. The van der Waals surface area contributed by atoms with Crippen LogP contribution in [0.4, 0.5) is 18.8 Å². The zero-order valence-electron chi connectivity index (χ0n) is 5.96. The van der Waals surface area contributed by atoms with Crippen LogP contribution >= 0.6 is 13.5 Å². The molecular weight excluding hydrogens is 170 g/mol. The molecule has 0 aromatic rings. The second-order valence-electron chi connectivity index (χ2n) is 0.957. The number of hydrogen-bond acceptors (Lipinski definition) is 1. The standard InChI is InChI=1S/C4H11N.4FH.S/c1-3-5-4-2;;;;;/h5H,3-4H2,1-2H3;4*1H;.